The predicted molar refractivity (Wildman–Crippen MR) is 116 cm³/mol. The topological polar surface area (TPSA) is 104 Å². The number of thiophene rings is 1. The van der Waals surface area contributed by atoms with Crippen LogP contribution < -0.4 is 9.64 Å². The van der Waals surface area contributed by atoms with Crippen molar-refractivity contribution in [1.82, 2.24) is 0 Å². The molecule has 0 aliphatic heterocycles. The molecule has 8 nitrogen and oxygen atoms in total. The second-order valence-corrected chi connectivity index (χ2v) is 7.14. The van der Waals surface area contributed by atoms with Crippen molar-refractivity contribution >= 4 is 32.7 Å². The van der Waals surface area contributed by atoms with Crippen LogP contribution in [0.3, 0.4) is 0 Å². The summed E-state index contributed by atoms with van der Waals surface area (Å²) < 4.78 is 5.76. The fourth-order valence-electron chi connectivity index (χ4n) is 2.71. The number of likely N-dealkylation sites (N-methyl/N-ethyl adjacent to an activating group) is 1. The highest BCUT2D eigenvalue weighted by Crippen LogP contribution is 2.36. The molecule has 1 aromatic heterocycles. The van der Waals surface area contributed by atoms with E-state index < -0.39 is 4.92 Å². The average Bonchev–Trinajstić information content (AvgIpc) is 3.20. The van der Waals surface area contributed by atoms with Crippen LogP contribution >= 0.6 is 11.3 Å². The molecule has 30 heavy (non-hydrogen) atoms. The van der Waals surface area contributed by atoms with Gasteiger partial charge in [-0.2, -0.15) is 5.26 Å². The zero-order chi connectivity index (χ0) is 21.3. The van der Waals surface area contributed by atoms with Crippen molar-refractivity contribution in [2.75, 3.05) is 24.6 Å². The van der Waals surface area contributed by atoms with Gasteiger partial charge < -0.3 is 9.64 Å². The lowest BCUT2D eigenvalue weighted by Gasteiger charge is -2.23. The largest absolute Gasteiger partial charge is 0.492 e. The van der Waals surface area contributed by atoms with Crippen molar-refractivity contribution in [3.63, 3.8) is 0 Å². The molecule has 0 spiro atoms. The first-order valence-electron chi connectivity index (χ1n) is 9.23. The van der Waals surface area contributed by atoms with E-state index in [0.29, 0.717) is 12.3 Å². The van der Waals surface area contributed by atoms with Crippen molar-refractivity contribution < 1.29 is 9.66 Å². The number of nitriles is 1. The van der Waals surface area contributed by atoms with E-state index in [1.54, 1.807) is 0 Å². The van der Waals surface area contributed by atoms with Crippen molar-refractivity contribution in [3.8, 4) is 11.8 Å². The number of nitro groups is 1. The van der Waals surface area contributed by atoms with E-state index in [1.807, 2.05) is 60.7 Å². The standard InChI is InChI=1S/C21H19N5O3S/c1-2-25(12-13-29-19-6-4-3-5-7-19)18-10-8-17(9-11-18)23-24-21-16(15-22)14-20(30-21)26(27)28/h3-11,14H,2,12-13H2,1H3. The fraction of sp³-hybridized carbons (Fsp3) is 0.190. The highest BCUT2D eigenvalue weighted by Gasteiger charge is 2.16. The van der Waals surface area contributed by atoms with Gasteiger partial charge in [0.05, 0.1) is 22.7 Å². The van der Waals surface area contributed by atoms with Crippen LogP contribution in [-0.2, 0) is 0 Å². The molecule has 152 valence electrons. The third-order valence-electron chi connectivity index (χ3n) is 4.23. The molecule has 0 aliphatic carbocycles. The van der Waals surface area contributed by atoms with E-state index in [2.05, 4.69) is 22.1 Å². The molecule has 2 aromatic carbocycles. The molecule has 0 fully saturated rings. The molecule has 0 bridgehead atoms. The van der Waals surface area contributed by atoms with E-state index in [-0.39, 0.29) is 15.6 Å². The third-order valence-corrected chi connectivity index (χ3v) is 5.20. The summed E-state index contributed by atoms with van der Waals surface area (Å²) in [6, 6.07) is 20.3. The van der Waals surface area contributed by atoms with Crippen LogP contribution in [0.2, 0.25) is 0 Å². The summed E-state index contributed by atoms with van der Waals surface area (Å²) >= 11 is 0.826. The van der Waals surface area contributed by atoms with Gasteiger partial charge in [-0.25, -0.2) is 0 Å². The van der Waals surface area contributed by atoms with E-state index in [9.17, 15) is 10.1 Å². The van der Waals surface area contributed by atoms with Crippen LogP contribution in [0.1, 0.15) is 12.5 Å². The number of hydrogen-bond acceptors (Lipinski definition) is 8. The van der Waals surface area contributed by atoms with E-state index in [0.717, 1.165) is 35.9 Å². The first kappa shape index (κ1) is 21.0. The molecule has 0 saturated heterocycles. The Hall–Kier alpha value is -3.77. The van der Waals surface area contributed by atoms with Crippen LogP contribution in [0.25, 0.3) is 0 Å². The van der Waals surface area contributed by atoms with Gasteiger partial charge in [-0.1, -0.05) is 18.2 Å². The number of rotatable bonds is 9. The minimum atomic E-state index is -0.542. The Balaban J connectivity index is 1.63. The number of hydrogen-bond donors (Lipinski definition) is 0. The number of benzene rings is 2. The second-order valence-electron chi connectivity index (χ2n) is 6.13. The zero-order valence-corrected chi connectivity index (χ0v) is 17.1. The van der Waals surface area contributed by atoms with Gasteiger partial charge in [0, 0.05) is 18.3 Å². The van der Waals surface area contributed by atoms with Gasteiger partial charge in [-0.15, -0.1) is 10.2 Å². The molecule has 0 amide bonds. The SMILES string of the molecule is CCN(CCOc1ccccc1)c1ccc(N=Nc2sc([N+](=O)[O-])cc2C#N)cc1. The van der Waals surface area contributed by atoms with Crippen LogP contribution in [0.4, 0.5) is 21.4 Å². The molecule has 0 radical (unpaired) electrons. The Bertz CT molecular complexity index is 1060. The van der Waals surface area contributed by atoms with Gasteiger partial charge in [0.15, 0.2) is 5.00 Å². The first-order valence-corrected chi connectivity index (χ1v) is 10.0. The van der Waals surface area contributed by atoms with Gasteiger partial charge in [0.25, 0.3) is 0 Å². The average molecular weight is 421 g/mol. The van der Waals surface area contributed by atoms with Crippen molar-refractivity contribution in [1.29, 1.82) is 5.26 Å². The van der Waals surface area contributed by atoms with Crippen molar-refractivity contribution in [2.24, 2.45) is 10.2 Å². The number of azo groups is 1. The smallest absolute Gasteiger partial charge is 0.327 e. The Kier molecular flexibility index (Phi) is 7.08. The predicted octanol–water partition coefficient (Wildman–Crippen LogP) is 5.85. The molecular weight excluding hydrogens is 402 g/mol. The highest BCUT2D eigenvalue weighted by molar-refractivity contribution is 7.19. The van der Waals surface area contributed by atoms with Crippen LogP contribution in [0, 0.1) is 21.4 Å². The van der Waals surface area contributed by atoms with Crippen LogP contribution in [0.5, 0.6) is 5.75 Å². The minimum Gasteiger partial charge on any atom is -0.492 e. The van der Waals surface area contributed by atoms with E-state index >= 15 is 0 Å². The van der Waals surface area contributed by atoms with Gasteiger partial charge in [0.1, 0.15) is 18.4 Å². The molecule has 3 rings (SSSR count). The molecule has 3 aromatic rings. The lowest BCUT2D eigenvalue weighted by Crippen LogP contribution is -2.27. The van der Waals surface area contributed by atoms with Gasteiger partial charge in [0.2, 0.25) is 0 Å². The zero-order valence-electron chi connectivity index (χ0n) is 16.3. The van der Waals surface area contributed by atoms with Gasteiger partial charge in [-0.05, 0) is 54.7 Å². The molecule has 0 unspecified atom stereocenters. The van der Waals surface area contributed by atoms with E-state index in [4.69, 9.17) is 10.00 Å². The monoisotopic (exact) mass is 421 g/mol. The number of anilines is 1. The molecule has 0 saturated carbocycles. The molecule has 0 N–H and O–H groups in total. The van der Waals surface area contributed by atoms with Crippen molar-refractivity contribution in [3.05, 3.63) is 76.3 Å². The maximum absolute atomic E-state index is 10.9. The lowest BCUT2D eigenvalue weighted by molar-refractivity contribution is -0.380. The quantitative estimate of drug-likeness (QED) is 0.245. The molecule has 0 atom stereocenters. The third kappa shape index (κ3) is 5.40. The Morgan fingerprint density at radius 2 is 1.90 bits per heavy atom. The molecule has 1 heterocycles. The summed E-state index contributed by atoms with van der Waals surface area (Å²) in [7, 11) is 0. The maximum Gasteiger partial charge on any atom is 0.327 e. The summed E-state index contributed by atoms with van der Waals surface area (Å²) in [4.78, 5) is 12.5. The molecular formula is C21H19N5O3S. The normalized spacial score (nSPS) is 10.7. The van der Waals surface area contributed by atoms with Gasteiger partial charge >= 0.3 is 5.00 Å². The second kappa shape index (κ2) is 10.1. The minimum absolute atomic E-state index is 0.132. The summed E-state index contributed by atoms with van der Waals surface area (Å²) in [6.07, 6.45) is 0. The lowest BCUT2D eigenvalue weighted by atomic mass is 10.2. The summed E-state index contributed by atoms with van der Waals surface area (Å²) in [5.74, 6) is 0.842. The molecule has 0 aliphatic rings. The fourth-order valence-corrected chi connectivity index (χ4v) is 3.45. The number of para-hydroxylation sites is 1. The molecule has 9 heteroatoms. The highest BCUT2D eigenvalue weighted by atomic mass is 32.1. The van der Waals surface area contributed by atoms with Crippen molar-refractivity contribution in [2.45, 2.75) is 6.92 Å². The Morgan fingerprint density at radius 3 is 2.53 bits per heavy atom. The number of ether oxygens (including phenoxy) is 1. The van der Waals surface area contributed by atoms with Crippen LogP contribution in [-0.4, -0.2) is 24.6 Å². The first-order chi connectivity index (χ1) is 14.6. The van der Waals surface area contributed by atoms with Gasteiger partial charge in [-0.3, -0.25) is 10.1 Å². The summed E-state index contributed by atoms with van der Waals surface area (Å²) in [5.41, 5.74) is 1.76. The summed E-state index contributed by atoms with van der Waals surface area (Å²) in [6.45, 7) is 4.19. The Morgan fingerprint density at radius 1 is 1.17 bits per heavy atom. The maximum atomic E-state index is 10.9. The Labute approximate surface area is 177 Å². The van der Waals surface area contributed by atoms with Crippen LogP contribution in [0.15, 0.2) is 70.9 Å². The van der Waals surface area contributed by atoms with E-state index in [1.165, 1.54) is 6.07 Å². The number of nitrogens with zero attached hydrogens (tertiary/aromatic N) is 5. The summed E-state index contributed by atoms with van der Waals surface area (Å²) in [5, 5.41) is 28.2.